The van der Waals surface area contributed by atoms with E-state index in [2.05, 4.69) is 20.8 Å². The number of rotatable bonds is 7. The molecule has 5 nitrogen and oxygen atoms in total. The predicted molar refractivity (Wildman–Crippen MR) is 89.6 cm³/mol. The van der Waals surface area contributed by atoms with E-state index in [0.29, 0.717) is 10.0 Å². The van der Waals surface area contributed by atoms with Crippen LogP contribution in [0.3, 0.4) is 0 Å². The molecular weight excluding hydrogens is 353 g/mol. The number of hydrogen-bond acceptors (Lipinski definition) is 5. The summed E-state index contributed by atoms with van der Waals surface area (Å²) in [4.78, 5) is 0. The molecule has 0 saturated carbocycles. The molecule has 0 unspecified atom stereocenters. The zero-order valence-electron chi connectivity index (χ0n) is 11.4. The Balaban J connectivity index is 0.00000220. The van der Waals surface area contributed by atoms with Crippen molar-refractivity contribution in [2.45, 2.75) is 18.1 Å². The topological polar surface area (TPSA) is 55.6 Å². The van der Waals surface area contributed by atoms with Gasteiger partial charge in [0.15, 0.2) is 0 Å². The lowest BCUT2D eigenvalue weighted by atomic mass is 10.2. The third-order valence-corrected chi connectivity index (χ3v) is 4.46. The van der Waals surface area contributed by atoms with Gasteiger partial charge < -0.3 is 5.32 Å². The summed E-state index contributed by atoms with van der Waals surface area (Å²) in [7, 11) is 1.84. The number of aromatic nitrogens is 4. The molecule has 0 amide bonds. The molecule has 0 fully saturated rings. The van der Waals surface area contributed by atoms with Crippen molar-refractivity contribution in [3.63, 3.8) is 0 Å². The molecule has 1 aromatic carbocycles. The molecule has 2 aromatic rings. The summed E-state index contributed by atoms with van der Waals surface area (Å²) in [6.45, 7) is 1.71. The van der Waals surface area contributed by atoms with Gasteiger partial charge in [-0.2, -0.15) is 0 Å². The van der Waals surface area contributed by atoms with Crippen molar-refractivity contribution in [3.8, 4) is 0 Å². The minimum atomic E-state index is 0. The normalized spacial score (nSPS) is 10.4. The van der Waals surface area contributed by atoms with Crippen LogP contribution in [0.1, 0.15) is 12.0 Å². The van der Waals surface area contributed by atoms with Gasteiger partial charge in [-0.3, -0.25) is 0 Å². The van der Waals surface area contributed by atoms with Crippen LogP contribution in [-0.2, 0) is 13.6 Å². The highest BCUT2D eigenvalue weighted by Crippen LogP contribution is 2.22. The molecule has 21 heavy (non-hydrogen) atoms. The van der Waals surface area contributed by atoms with Crippen molar-refractivity contribution in [2.24, 2.45) is 7.05 Å². The highest BCUT2D eigenvalue weighted by Gasteiger charge is 2.02. The highest BCUT2D eigenvalue weighted by molar-refractivity contribution is 7.99. The first-order valence-electron chi connectivity index (χ1n) is 6.16. The van der Waals surface area contributed by atoms with Crippen LogP contribution in [0.5, 0.6) is 0 Å². The van der Waals surface area contributed by atoms with Crippen LogP contribution in [0.25, 0.3) is 0 Å². The van der Waals surface area contributed by atoms with Gasteiger partial charge in [0.05, 0.1) is 10.0 Å². The standard InChI is InChI=1S/C12H15Cl2N5S.ClH/c1-19-12(16-17-18-19)20-6-2-5-15-8-9-3-4-10(13)11(14)7-9;/h3-4,7,15H,2,5-6,8H2,1H3;1H. The third kappa shape index (κ3) is 6.00. The first-order valence-corrected chi connectivity index (χ1v) is 7.91. The molecule has 0 aliphatic heterocycles. The number of tetrazole rings is 1. The maximum atomic E-state index is 5.96. The van der Waals surface area contributed by atoms with Gasteiger partial charge >= 0.3 is 0 Å². The van der Waals surface area contributed by atoms with E-state index in [0.717, 1.165) is 36.0 Å². The van der Waals surface area contributed by atoms with E-state index in [1.54, 1.807) is 16.4 Å². The summed E-state index contributed by atoms with van der Waals surface area (Å²) in [5.41, 5.74) is 1.13. The lowest BCUT2D eigenvalue weighted by Crippen LogP contribution is -2.15. The Hall–Kier alpha value is -0.530. The second-order valence-corrected chi connectivity index (χ2v) is 6.09. The molecule has 9 heteroatoms. The quantitative estimate of drug-likeness (QED) is 0.601. The van der Waals surface area contributed by atoms with Crippen molar-refractivity contribution in [1.29, 1.82) is 0 Å². The molecule has 0 aliphatic carbocycles. The molecule has 0 atom stereocenters. The van der Waals surface area contributed by atoms with Crippen molar-refractivity contribution >= 4 is 47.4 Å². The maximum Gasteiger partial charge on any atom is 0.209 e. The first kappa shape index (κ1) is 18.5. The van der Waals surface area contributed by atoms with Gasteiger partial charge in [-0.1, -0.05) is 41.0 Å². The third-order valence-electron chi connectivity index (χ3n) is 2.62. The fraction of sp³-hybridized carbons (Fsp3) is 0.417. The number of benzene rings is 1. The Morgan fingerprint density at radius 1 is 1.29 bits per heavy atom. The van der Waals surface area contributed by atoms with Gasteiger partial charge in [0.25, 0.3) is 0 Å². The molecule has 0 radical (unpaired) electrons. The minimum absolute atomic E-state index is 0. The fourth-order valence-electron chi connectivity index (χ4n) is 1.59. The van der Waals surface area contributed by atoms with Gasteiger partial charge in [-0.15, -0.1) is 17.5 Å². The van der Waals surface area contributed by atoms with E-state index in [4.69, 9.17) is 23.2 Å². The van der Waals surface area contributed by atoms with Crippen LogP contribution in [0.2, 0.25) is 10.0 Å². The van der Waals surface area contributed by atoms with E-state index < -0.39 is 0 Å². The SMILES string of the molecule is Cl.Cn1nnnc1SCCCNCc1ccc(Cl)c(Cl)c1. The molecular formula is C12H16Cl3N5S. The summed E-state index contributed by atoms with van der Waals surface area (Å²) >= 11 is 13.5. The molecule has 0 bridgehead atoms. The van der Waals surface area contributed by atoms with Crippen LogP contribution >= 0.6 is 47.4 Å². The molecule has 1 N–H and O–H groups in total. The smallest absolute Gasteiger partial charge is 0.209 e. The number of nitrogens with one attached hydrogen (secondary N) is 1. The summed E-state index contributed by atoms with van der Waals surface area (Å²) in [6.07, 6.45) is 1.04. The summed E-state index contributed by atoms with van der Waals surface area (Å²) in [6, 6.07) is 5.68. The number of hydrogen-bond donors (Lipinski definition) is 1. The molecule has 1 heterocycles. The molecule has 0 spiro atoms. The van der Waals surface area contributed by atoms with Crippen molar-refractivity contribution in [3.05, 3.63) is 33.8 Å². The van der Waals surface area contributed by atoms with E-state index >= 15 is 0 Å². The molecule has 116 valence electrons. The van der Waals surface area contributed by atoms with Crippen molar-refractivity contribution in [1.82, 2.24) is 25.5 Å². The fourth-order valence-corrected chi connectivity index (χ4v) is 2.70. The number of halogens is 3. The van der Waals surface area contributed by atoms with Gasteiger partial charge in [0.1, 0.15) is 0 Å². The Morgan fingerprint density at radius 3 is 2.76 bits per heavy atom. The lowest BCUT2D eigenvalue weighted by Gasteiger charge is -2.05. The molecule has 0 saturated heterocycles. The Morgan fingerprint density at radius 2 is 2.10 bits per heavy atom. The van der Waals surface area contributed by atoms with Crippen molar-refractivity contribution in [2.75, 3.05) is 12.3 Å². The Bertz CT molecular complexity index is 564. The predicted octanol–water partition coefficient (Wildman–Crippen LogP) is 3.21. The van der Waals surface area contributed by atoms with E-state index in [-0.39, 0.29) is 12.4 Å². The van der Waals surface area contributed by atoms with Crippen LogP contribution in [-0.4, -0.2) is 32.5 Å². The zero-order valence-corrected chi connectivity index (χ0v) is 14.6. The molecule has 2 rings (SSSR count). The maximum absolute atomic E-state index is 5.96. The molecule has 0 aliphatic rings. The lowest BCUT2D eigenvalue weighted by molar-refractivity contribution is 0.661. The van der Waals surface area contributed by atoms with Crippen LogP contribution in [0.15, 0.2) is 23.4 Å². The van der Waals surface area contributed by atoms with Gasteiger partial charge in [0.2, 0.25) is 5.16 Å². The average Bonchev–Trinajstić information content (AvgIpc) is 2.83. The van der Waals surface area contributed by atoms with Crippen molar-refractivity contribution < 1.29 is 0 Å². The second-order valence-electron chi connectivity index (χ2n) is 4.21. The van der Waals surface area contributed by atoms with E-state index in [1.165, 1.54) is 0 Å². The minimum Gasteiger partial charge on any atom is -0.313 e. The zero-order chi connectivity index (χ0) is 14.4. The summed E-state index contributed by atoms with van der Waals surface area (Å²) in [5.74, 6) is 0.975. The van der Waals surface area contributed by atoms with Gasteiger partial charge in [-0.25, -0.2) is 4.68 Å². The van der Waals surface area contributed by atoms with Crippen LogP contribution < -0.4 is 5.32 Å². The highest BCUT2D eigenvalue weighted by atomic mass is 35.5. The first-order chi connectivity index (χ1) is 9.66. The van der Waals surface area contributed by atoms with Crippen LogP contribution in [0, 0.1) is 0 Å². The largest absolute Gasteiger partial charge is 0.313 e. The van der Waals surface area contributed by atoms with Gasteiger partial charge in [0, 0.05) is 19.3 Å². The molecule has 1 aromatic heterocycles. The second kappa shape index (κ2) is 9.48. The number of thioether (sulfide) groups is 1. The van der Waals surface area contributed by atoms with Gasteiger partial charge in [-0.05, 0) is 41.1 Å². The van der Waals surface area contributed by atoms with Crippen LogP contribution in [0.4, 0.5) is 0 Å². The van der Waals surface area contributed by atoms with E-state index in [9.17, 15) is 0 Å². The Labute approximate surface area is 144 Å². The van der Waals surface area contributed by atoms with E-state index in [1.807, 2.05) is 25.2 Å². The number of aryl methyl sites for hydroxylation is 1. The average molecular weight is 369 g/mol. The summed E-state index contributed by atoms with van der Waals surface area (Å²) in [5, 5.41) is 16.7. The number of nitrogens with zero attached hydrogens (tertiary/aromatic N) is 4. The summed E-state index contributed by atoms with van der Waals surface area (Å²) < 4.78 is 1.67. The Kier molecular flexibility index (Phi) is 8.36. The monoisotopic (exact) mass is 367 g/mol.